The van der Waals surface area contributed by atoms with E-state index in [4.69, 9.17) is 9.15 Å². The van der Waals surface area contributed by atoms with E-state index in [0.717, 1.165) is 12.2 Å². The number of aromatic nitrogens is 1. The molecule has 0 fully saturated rings. The first-order chi connectivity index (χ1) is 10.2. The largest absolute Gasteiger partial charge is 0.487 e. The van der Waals surface area contributed by atoms with Crippen molar-refractivity contribution in [1.82, 2.24) is 4.98 Å². The molecule has 0 amide bonds. The van der Waals surface area contributed by atoms with Crippen LogP contribution in [-0.2, 0) is 13.0 Å². The van der Waals surface area contributed by atoms with Crippen LogP contribution >= 0.6 is 0 Å². The summed E-state index contributed by atoms with van der Waals surface area (Å²) in [6, 6.07) is 4.91. The Kier molecular flexibility index (Phi) is 4.76. The van der Waals surface area contributed by atoms with E-state index in [1.165, 1.54) is 0 Å². The second kappa shape index (κ2) is 6.74. The molecule has 112 valence electrons. The highest BCUT2D eigenvalue weighted by atomic mass is 16.6. The van der Waals surface area contributed by atoms with E-state index in [0.29, 0.717) is 18.2 Å². The molecule has 21 heavy (non-hydrogen) atoms. The van der Waals surface area contributed by atoms with Gasteiger partial charge in [0.1, 0.15) is 11.4 Å². The van der Waals surface area contributed by atoms with E-state index in [9.17, 15) is 10.1 Å². The zero-order chi connectivity index (χ0) is 15.2. The van der Waals surface area contributed by atoms with Gasteiger partial charge in [0, 0.05) is 6.42 Å². The van der Waals surface area contributed by atoms with Gasteiger partial charge in [-0.1, -0.05) is 13.0 Å². The molecule has 7 nitrogen and oxygen atoms in total. The zero-order valence-corrected chi connectivity index (χ0v) is 12.0. The van der Waals surface area contributed by atoms with Crippen molar-refractivity contribution in [3.63, 3.8) is 0 Å². The number of anilines is 1. The maximum Gasteiger partial charge on any atom is 0.333 e. The number of aryl methyl sites for hydroxylation is 1. The number of nitrogens with one attached hydrogen (secondary N) is 1. The molecule has 0 radical (unpaired) electrons. The molecule has 0 aliphatic carbocycles. The summed E-state index contributed by atoms with van der Waals surface area (Å²) >= 11 is 0. The van der Waals surface area contributed by atoms with Gasteiger partial charge < -0.3 is 14.5 Å². The molecule has 0 saturated heterocycles. The van der Waals surface area contributed by atoms with Gasteiger partial charge >= 0.3 is 5.69 Å². The summed E-state index contributed by atoms with van der Waals surface area (Å²) < 4.78 is 10.7. The lowest BCUT2D eigenvalue weighted by atomic mass is 10.2. The van der Waals surface area contributed by atoms with Gasteiger partial charge in [-0.3, -0.25) is 10.1 Å². The summed E-state index contributed by atoms with van der Waals surface area (Å²) in [4.78, 5) is 14.9. The Hall–Kier alpha value is -2.57. The van der Waals surface area contributed by atoms with Crippen molar-refractivity contribution in [1.29, 1.82) is 0 Å². The van der Waals surface area contributed by atoms with E-state index in [1.54, 1.807) is 31.3 Å². The standard InChI is InChI=1S/C14H17N3O4/c1-3-10-8-16-13(21-10)9-15-11-6-5-7-12(20-4-2)14(11)17(18)19/h5-8,15H,3-4,9H2,1-2H3. The zero-order valence-electron chi connectivity index (χ0n) is 12.0. The van der Waals surface area contributed by atoms with Crippen LogP contribution in [-0.4, -0.2) is 16.5 Å². The second-order valence-electron chi connectivity index (χ2n) is 4.27. The van der Waals surface area contributed by atoms with Crippen molar-refractivity contribution in [3.05, 3.63) is 46.2 Å². The van der Waals surface area contributed by atoms with Crippen LogP contribution in [0.25, 0.3) is 0 Å². The predicted molar refractivity (Wildman–Crippen MR) is 77.5 cm³/mol. The molecule has 0 unspecified atom stereocenters. The van der Waals surface area contributed by atoms with Crippen molar-refractivity contribution in [2.75, 3.05) is 11.9 Å². The monoisotopic (exact) mass is 291 g/mol. The van der Waals surface area contributed by atoms with Gasteiger partial charge in [0.2, 0.25) is 5.89 Å². The van der Waals surface area contributed by atoms with Crippen LogP contribution in [0.1, 0.15) is 25.5 Å². The number of hydrogen-bond donors (Lipinski definition) is 1. The Morgan fingerprint density at radius 2 is 2.24 bits per heavy atom. The number of hydrogen-bond acceptors (Lipinski definition) is 6. The fourth-order valence-electron chi connectivity index (χ4n) is 1.89. The lowest BCUT2D eigenvalue weighted by Crippen LogP contribution is -2.05. The fraction of sp³-hybridized carbons (Fsp3) is 0.357. The molecule has 1 aromatic heterocycles. The van der Waals surface area contributed by atoms with Crippen molar-refractivity contribution >= 4 is 11.4 Å². The highest BCUT2D eigenvalue weighted by molar-refractivity contribution is 5.68. The van der Waals surface area contributed by atoms with E-state index < -0.39 is 4.92 Å². The lowest BCUT2D eigenvalue weighted by molar-refractivity contribution is -0.384. The second-order valence-corrected chi connectivity index (χ2v) is 4.27. The van der Waals surface area contributed by atoms with Crippen molar-refractivity contribution < 1.29 is 14.1 Å². The number of ether oxygens (including phenoxy) is 1. The third-order valence-corrected chi connectivity index (χ3v) is 2.86. The first-order valence-electron chi connectivity index (χ1n) is 6.73. The lowest BCUT2D eigenvalue weighted by Gasteiger charge is -2.09. The minimum absolute atomic E-state index is 0.0818. The molecular weight excluding hydrogens is 274 g/mol. The van der Waals surface area contributed by atoms with Gasteiger partial charge in [-0.05, 0) is 19.1 Å². The summed E-state index contributed by atoms with van der Waals surface area (Å²) in [5, 5.41) is 14.2. The van der Waals surface area contributed by atoms with Gasteiger partial charge in [-0.25, -0.2) is 4.98 Å². The quantitative estimate of drug-likeness (QED) is 0.622. The highest BCUT2D eigenvalue weighted by Crippen LogP contribution is 2.34. The Bertz CT molecular complexity index is 624. The molecule has 1 N–H and O–H groups in total. The summed E-state index contributed by atoms with van der Waals surface area (Å²) in [7, 11) is 0. The van der Waals surface area contributed by atoms with Gasteiger partial charge in [0.05, 0.1) is 24.3 Å². The van der Waals surface area contributed by atoms with Crippen molar-refractivity contribution in [2.45, 2.75) is 26.8 Å². The van der Waals surface area contributed by atoms with E-state index >= 15 is 0 Å². The third kappa shape index (κ3) is 3.50. The number of nitrogens with zero attached hydrogens (tertiary/aromatic N) is 2. The van der Waals surface area contributed by atoms with E-state index in [-0.39, 0.29) is 18.0 Å². The number of para-hydroxylation sites is 1. The van der Waals surface area contributed by atoms with Crippen LogP contribution < -0.4 is 10.1 Å². The number of benzene rings is 1. The minimum atomic E-state index is -0.458. The van der Waals surface area contributed by atoms with Crippen LogP contribution in [0.4, 0.5) is 11.4 Å². The summed E-state index contributed by atoms with van der Waals surface area (Å²) in [6.45, 7) is 4.39. The molecule has 0 aliphatic rings. The molecule has 2 rings (SSSR count). The molecule has 0 atom stereocenters. The Morgan fingerprint density at radius 1 is 1.43 bits per heavy atom. The number of oxazole rings is 1. The van der Waals surface area contributed by atoms with Crippen LogP contribution in [0.15, 0.2) is 28.8 Å². The smallest absolute Gasteiger partial charge is 0.333 e. The van der Waals surface area contributed by atoms with Gasteiger partial charge in [0.15, 0.2) is 5.75 Å². The van der Waals surface area contributed by atoms with Gasteiger partial charge in [-0.15, -0.1) is 0 Å². The predicted octanol–water partition coefficient (Wildman–Crippen LogP) is 3.16. The number of rotatable bonds is 7. The van der Waals surface area contributed by atoms with Crippen LogP contribution in [0, 0.1) is 10.1 Å². The van der Waals surface area contributed by atoms with Crippen molar-refractivity contribution in [2.24, 2.45) is 0 Å². The van der Waals surface area contributed by atoms with E-state index in [2.05, 4.69) is 10.3 Å². The van der Waals surface area contributed by atoms with E-state index in [1.807, 2.05) is 6.92 Å². The maximum atomic E-state index is 11.2. The Labute approximate surface area is 122 Å². The first-order valence-corrected chi connectivity index (χ1v) is 6.73. The molecule has 0 bridgehead atoms. The maximum absolute atomic E-state index is 11.2. The van der Waals surface area contributed by atoms with Crippen LogP contribution in [0.3, 0.4) is 0 Å². The first kappa shape index (κ1) is 14.8. The molecule has 1 aromatic carbocycles. The average molecular weight is 291 g/mol. The van der Waals surface area contributed by atoms with Gasteiger partial charge in [-0.2, -0.15) is 0 Å². The normalized spacial score (nSPS) is 10.4. The van der Waals surface area contributed by atoms with Crippen LogP contribution in [0.5, 0.6) is 5.75 Å². The topological polar surface area (TPSA) is 90.4 Å². The Morgan fingerprint density at radius 3 is 2.86 bits per heavy atom. The molecular formula is C14H17N3O4. The fourth-order valence-corrected chi connectivity index (χ4v) is 1.89. The molecule has 0 saturated carbocycles. The molecule has 0 spiro atoms. The SMILES string of the molecule is CCOc1cccc(NCc2ncc(CC)o2)c1[N+](=O)[O-]. The molecule has 7 heteroatoms. The van der Waals surface area contributed by atoms with Gasteiger partial charge in [0.25, 0.3) is 0 Å². The third-order valence-electron chi connectivity index (χ3n) is 2.86. The minimum Gasteiger partial charge on any atom is -0.487 e. The van der Waals surface area contributed by atoms with Crippen LogP contribution in [0.2, 0.25) is 0 Å². The molecule has 1 heterocycles. The summed E-state index contributed by atoms with van der Waals surface area (Å²) in [5.41, 5.74) is 0.295. The highest BCUT2D eigenvalue weighted by Gasteiger charge is 2.21. The average Bonchev–Trinajstić information content (AvgIpc) is 2.93. The molecule has 2 aromatic rings. The molecule has 0 aliphatic heterocycles. The summed E-state index contributed by atoms with van der Waals surface area (Å²) in [6.07, 6.45) is 2.41. The Balaban J connectivity index is 2.18. The summed E-state index contributed by atoms with van der Waals surface area (Å²) in [5.74, 6) is 1.52. The number of nitro groups is 1. The van der Waals surface area contributed by atoms with Crippen molar-refractivity contribution in [3.8, 4) is 5.75 Å². The number of nitro benzene ring substituents is 1.